The maximum atomic E-state index is 12.7. The van der Waals surface area contributed by atoms with E-state index >= 15 is 0 Å². The maximum absolute atomic E-state index is 12.7. The van der Waals surface area contributed by atoms with Crippen LogP contribution in [-0.4, -0.2) is 17.1 Å². The largest absolute Gasteiger partial charge is 0.299 e. The number of nitriles is 1. The van der Waals surface area contributed by atoms with Crippen molar-refractivity contribution in [2.24, 2.45) is 0 Å². The number of hydrogen-bond acceptors (Lipinski definition) is 3. The zero-order chi connectivity index (χ0) is 15.6. The predicted octanol–water partition coefficient (Wildman–Crippen LogP) is 2.73. The molecule has 4 heteroatoms. The van der Waals surface area contributed by atoms with Crippen molar-refractivity contribution in [1.29, 1.82) is 5.26 Å². The van der Waals surface area contributed by atoms with E-state index in [-0.39, 0.29) is 5.91 Å². The first kappa shape index (κ1) is 13.8. The Morgan fingerprint density at radius 2 is 1.77 bits per heavy atom. The highest BCUT2D eigenvalue weighted by Gasteiger charge is 2.44. The van der Waals surface area contributed by atoms with Gasteiger partial charge in [-0.15, -0.1) is 0 Å². The Kier molecular flexibility index (Phi) is 3.32. The lowest BCUT2D eigenvalue weighted by atomic mass is 9.84. The van der Waals surface area contributed by atoms with Crippen molar-refractivity contribution >= 4 is 18.3 Å². The number of rotatable bonds is 2. The molecule has 0 bridgehead atoms. The van der Waals surface area contributed by atoms with Crippen LogP contribution in [0.15, 0.2) is 60.8 Å². The van der Waals surface area contributed by atoms with Crippen LogP contribution in [-0.2, 0) is 10.3 Å². The fourth-order valence-corrected chi connectivity index (χ4v) is 2.60. The van der Waals surface area contributed by atoms with Crippen molar-refractivity contribution in [3.05, 3.63) is 77.5 Å². The minimum Gasteiger partial charge on any atom is -0.299 e. The minimum atomic E-state index is -1.64. The van der Waals surface area contributed by atoms with Gasteiger partial charge >= 0.3 is 0 Å². The van der Waals surface area contributed by atoms with Crippen molar-refractivity contribution in [1.82, 2.24) is 4.90 Å². The van der Waals surface area contributed by atoms with Crippen LogP contribution in [0.2, 0.25) is 0 Å². The van der Waals surface area contributed by atoms with Crippen LogP contribution in [0.5, 0.6) is 0 Å². The van der Waals surface area contributed by atoms with Gasteiger partial charge in [0.1, 0.15) is 6.07 Å². The van der Waals surface area contributed by atoms with Gasteiger partial charge < -0.3 is 0 Å². The molecule has 4 nitrogen and oxygen atoms in total. The number of fused-ring (bicyclic) bond motifs is 1. The maximum Gasteiger partial charge on any atom is 0.259 e. The fourth-order valence-electron chi connectivity index (χ4n) is 2.60. The number of benzene rings is 2. The molecule has 0 saturated carbocycles. The molecular weight excluding hydrogens is 276 g/mol. The third-order valence-corrected chi connectivity index (χ3v) is 3.74. The second-order valence-electron chi connectivity index (χ2n) is 4.94. The third kappa shape index (κ3) is 1.92. The number of carbonyl (C=O) groups is 2. The van der Waals surface area contributed by atoms with Gasteiger partial charge in [-0.1, -0.05) is 42.5 Å². The Bertz CT molecular complexity index is 805. The molecule has 106 valence electrons. The van der Waals surface area contributed by atoms with E-state index in [9.17, 15) is 14.9 Å². The summed E-state index contributed by atoms with van der Waals surface area (Å²) in [6.07, 6.45) is 3.75. The van der Waals surface area contributed by atoms with Crippen LogP contribution in [0.3, 0.4) is 0 Å². The Morgan fingerprint density at radius 1 is 1.09 bits per heavy atom. The third-order valence-electron chi connectivity index (χ3n) is 3.74. The molecule has 0 N–H and O–H groups in total. The molecule has 22 heavy (non-hydrogen) atoms. The molecule has 0 radical (unpaired) electrons. The van der Waals surface area contributed by atoms with Crippen LogP contribution in [0, 0.1) is 11.3 Å². The average Bonchev–Trinajstić information content (AvgIpc) is 2.61. The Labute approximate surface area is 127 Å². The smallest absolute Gasteiger partial charge is 0.259 e. The van der Waals surface area contributed by atoms with E-state index in [1.165, 1.54) is 11.1 Å². The van der Waals surface area contributed by atoms with Crippen molar-refractivity contribution in [2.75, 3.05) is 0 Å². The molecule has 0 saturated heterocycles. The summed E-state index contributed by atoms with van der Waals surface area (Å²) < 4.78 is 0. The molecule has 0 aliphatic carbocycles. The summed E-state index contributed by atoms with van der Waals surface area (Å²) in [5, 5.41) is 9.65. The molecule has 1 aliphatic heterocycles. The summed E-state index contributed by atoms with van der Waals surface area (Å²) in [4.78, 5) is 25.7. The highest BCUT2D eigenvalue weighted by Crippen LogP contribution is 2.35. The molecule has 2 aromatic carbocycles. The molecule has 1 unspecified atom stereocenters. The van der Waals surface area contributed by atoms with Crippen LogP contribution < -0.4 is 0 Å². The van der Waals surface area contributed by atoms with E-state index in [2.05, 4.69) is 0 Å². The molecule has 1 aliphatic rings. The lowest BCUT2D eigenvalue weighted by molar-refractivity contribution is -0.114. The van der Waals surface area contributed by atoms with Crippen LogP contribution in [0.25, 0.3) is 6.08 Å². The number of aldehydes is 1. The van der Waals surface area contributed by atoms with Crippen molar-refractivity contribution in [3.8, 4) is 6.07 Å². The predicted molar refractivity (Wildman–Crippen MR) is 81.4 cm³/mol. The van der Waals surface area contributed by atoms with Crippen molar-refractivity contribution in [3.63, 3.8) is 0 Å². The first-order chi connectivity index (χ1) is 10.7. The summed E-state index contributed by atoms with van der Waals surface area (Å²) in [6.45, 7) is 0. The lowest BCUT2D eigenvalue weighted by Gasteiger charge is -2.36. The van der Waals surface area contributed by atoms with Gasteiger partial charge in [-0.2, -0.15) is 5.26 Å². The molecule has 0 spiro atoms. The van der Waals surface area contributed by atoms with E-state index in [4.69, 9.17) is 0 Å². The fraction of sp³-hybridized carbons (Fsp3) is 0.0556. The number of amides is 1. The molecule has 2 aromatic rings. The van der Waals surface area contributed by atoms with Gasteiger partial charge in [-0.3, -0.25) is 14.5 Å². The zero-order valence-electron chi connectivity index (χ0n) is 11.6. The van der Waals surface area contributed by atoms with E-state index in [0.717, 1.165) is 5.56 Å². The zero-order valence-corrected chi connectivity index (χ0v) is 11.6. The second-order valence-corrected chi connectivity index (χ2v) is 4.94. The van der Waals surface area contributed by atoms with Crippen molar-refractivity contribution in [2.45, 2.75) is 5.54 Å². The highest BCUT2D eigenvalue weighted by atomic mass is 16.2. The van der Waals surface area contributed by atoms with Gasteiger partial charge in [-0.05, 0) is 23.8 Å². The first-order valence-corrected chi connectivity index (χ1v) is 6.77. The van der Waals surface area contributed by atoms with Gasteiger partial charge in [0, 0.05) is 17.3 Å². The van der Waals surface area contributed by atoms with Crippen molar-refractivity contribution < 1.29 is 9.59 Å². The Hall–Kier alpha value is -3.19. The van der Waals surface area contributed by atoms with Gasteiger partial charge in [0.2, 0.25) is 5.54 Å². The number of nitrogens with zero attached hydrogens (tertiary/aromatic N) is 2. The normalized spacial score (nSPS) is 19.1. The van der Waals surface area contributed by atoms with Gasteiger partial charge in [0.25, 0.3) is 5.91 Å². The van der Waals surface area contributed by atoms with Crippen LogP contribution in [0.1, 0.15) is 21.5 Å². The quantitative estimate of drug-likeness (QED) is 0.798. The summed E-state index contributed by atoms with van der Waals surface area (Å²) >= 11 is 0. The number of carbonyl (C=O) groups excluding carboxylic acids is 2. The minimum absolute atomic E-state index is 0.389. The number of hydrogen-bond donors (Lipinski definition) is 0. The van der Waals surface area contributed by atoms with Crippen LogP contribution in [0.4, 0.5) is 0 Å². The molecular formula is C18H12N2O2. The summed E-state index contributed by atoms with van der Waals surface area (Å²) in [5.41, 5.74) is 0.0543. The average molecular weight is 288 g/mol. The lowest BCUT2D eigenvalue weighted by Crippen LogP contribution is -2.48. The topological polar surface area (TPSA) is 61.2 Å². The summed E-state index contributed by atoms with van der Waals surface area (Å²) in [6, 6.07) is 17.7. The standard InChI is InChI=1S/C18H12N2O2/c19-12-18(13-21)16-9-5-4-6-14(16)10-11-20(18)17(22)15-7-2-1-3-8-15/h1-11,13H. The Morgan fingerprint density at radius 3 is 2.45 bits per heavy atom. The highest BCUT2D eigenvalue weighted by molar-refractivity contribution is 5.99. The summed E-state index contributed by atoms with van der Waals surface area (Å²) in [5.74, 6) is -0.389. The molecule has 0 fully saturated rings. The van der Waals surface area contributed by atoms with Gasteiger partial charge in [0.05, 0.1) is 0 Å². The summed E-state index contributed by atoms with van der Waals surface area (Å²) in [7, 11) is 0. The second kappa shape index (κ2) is 5.30. The van der Waals surface area contributed by atoms with Crippen LogP contribution >= 0.6 is 0 Å². The monoisotopic (exact) mass is 288 g/mol. The SMILES string of the molecule is N#CC1(C=O)c2ccccc2C=CN1C(=O)c1ccccc1. The molecule has 1 heterocycles. The molecule has 0 aromatic heterocycles. The Balaban J connectivity index is 2.16. The van der Waals surface area contributed by atoms with E-state index in [0.29, 0.717) is 17.4 Å². The van der Waals surface area contributed by atoms with Gasteiger partial charge in [0.15, 0.2) is 6.29 Å². The van der Waals surface area contributed by atoms with E-state index < -0.39 is 5.54 Å². The molecule has 1 atom stereocenters. The van der Waals surface area contributed by atoms with Gasteiger partial charge in [-0.25, -0.2) is 0 Å². The van der Waals surface area contributed by atoms with E-state index in [1.807, 2.05) is 18.2 Å². The molecule has 3 rings (SSSR count). The first-order valence-electron chi connectivity index (χ1n) is 6.77. The van der Waals surface area contributed by atoms with E-state index in [1.54, 1.807) is 48.5 Å². The molecule has 1 amide bonds.